The van der Waals surface area contributed by atoms with Crippen molar-refractivity contribution in [3.05, 3.63) is 52.0 Å². The molecular weight excluding hydrogens is 301 g/mol. The maximum absolute atomic E-state index is 11.2. The summed E-state index contributed by atoms with van der Waals surface area (Å²) in [7, 11) is 0. The van der Waals surface area contributed by atoms with E-state index in [0.29, 0.717) is 5.69 Å². The lowest BCUT2D eigenvalue weighted by Gasteiger charge is -1.98. The van der Waals surface area contributed by atoms with E-state index in [1.54, 1.807) is 12.1 Å². The van der Waals surface area contributed by atoms with Gasteiger partial charge in [-0.05, 0) is 18.2 Å². The Morgan fingerprint density at radius 2 is 1.75 bits per heavy atom. The standard InChI is InChI=1S/C13H7Cl2N3O2/c14-9-6-8(13(19)20)11-12(10(9)15)17-18(16-11)7-4-2-1-3-5-7/h1-6H,(H,19,20). The van der Waals surface area contributed by atoms with E-state index in [-0.39, 0.29) is 26.6 Å². The molecule has 7 heteroatoms. The average molecular weight is 308 g/mol. The molecule has 0 aliphatic carbocycles. The van der Waals surface area contributed by atoms with Gasteiger partial charge in [-0.2, -0.15) is 4.80 Å². The molecule has 0 aliphatic rings. The maximum Gasteiger partial charge on any atom is 0.338 e. The van der Waals surface area contributed by atoms with Gasteiger partial charge in [0, 0.05) is 0 Å². The Morgan fingerprint density at radius 3 is 2.40 bits per heavy atom. The number of carboxylic acid groups (broad SMARTS) is 1. The molecule has 0 amide bonds. The zero-order valence-electron chi connectivity index (χ0n) is 9.92. The summed E-state index contributed by atoms with van der Waals surface area (Å²) in [6, 6.07) is 10.4. The van der Waals surface area contributed by atoms with Crippen LogP contribution in [-0.2, 0) is 0 Å². The molecular formula is C13H7Cl2N3O2. The number of hydrogen-bond acceptors (Lipinski definition) is 3. The van der Waals surface area contributed by atoms with Crippen molar-refractivity contribution >= 4 is 40.2 Å². The van der Waals surface area contributed by atoms with Gasteiger partial charge >= 0.3 is 5.97 Å². The zero-order chi connectivity index (χ0) is 14.3. The Balaban J connectivity index is 2.33. The van der Waals surface area contributed by atoms with Crippen LogP contribution in [0.1, 0.15) is 10.4 Å². The maximum atomic E-state index is 11.2. The minimum atomic E-state index is -1.13. The first-order valence-corrected chi connectivity index (χ1v) is 6.37. The third-order valence-electron chi connectivity index (χ3n) is 2.78. The van der Waals surface area contributed by atoms with Gasteiger partial charge in [0.25, 0.3) is 0 Å². The Labute approximate surface area is 123 Å². The van der Waals surface area contributed by atoms with Crippen LogP contribution < -0.4 is 0 Å². The second-order valence-electron chi connectivity index (χ2n) is 4.05. The van der Waals surface area contributed by atoms with E-state index in [1.165, 1.54) is 10.9 Å². The van der Waals surface area contributed by atoms with E-state index in [4.69, 9.17) is 23.2 Å². The summed E-state index contributed by atoms with van der Waals surface area (Å²) in [5, 5.41) is 17.9. The lowest BCUT2D eigenvalue weighted by molar-refractivity contribution is 0.0699. The Bertz CT molecular complexity index is 815. The van der Waals surface area contributed by atoms with Crippen molar-refractivity contribution in [1.29, 1.82) is 0 Å². The first-order chi connectivity index (χ1) is 9.58. The van der Waals surface area contributed by atoms with Gasteiger partial charge in [0.15, 0.2) is 0 Å². The molecule has 1 aromatic heterocycles. The summed E-state index contributed by atoms with van der Waals surface area (Å²) < 4.78 is 0. The van der Waals surface area contributed by atoms with Crippen LogP contribution in [0, 0.1) is 0 Å². The highest BCUT2D eigenvalue weighted by atomic mass is 35.5. The Morgan fingerprint density at radius 1 is 1.10 bits per heavy atom. The molecule has 0 spiro atoms. The molecule has 0 fully saturated rings. The van der Waals surface area contributed by atoms with Crippen molar-refractivity contribution in [2.45, 2.75) is 0 Å². The van der Waals surface area contributed by atoms with Gasteiger partial charge in [-0.3, -0.25) is 0 Å². The highest BCUT2D eigenvalue weighted by Gasteiger charge is 2.19. The van der Waals surface area contributed by atoms with Gasteiger partial charge in [-0.25, -0.2) is 4.79 Å². The lowest BCUT2D eigenvalue weighted by Crippen LogP contribution is -1.99. The van der Waals surface area contributed by atoms with Gasteiger partial charge in [0.1, 0.15) is 11.0 Å². The van der Waals surface area contributed by atoms with Crippen LogP contribution >= 0.6 is 23.2 Å². The van der Waals surface area contributed by atoms with Crippen molar-refractivity contribution in [2.24, 2.45) is 0 Å². The Kier molecular flexibility index (Phi) is 3.08. The van der Waals surface area contributed by atoms with E-state index in [2.05, 4.69) is 10.2 Å². The third kappa shape index (κ3) is 2.01. The highest BCUT2D eigenvalue weighted by Crippen LogP contribution is 2.31. The molecule has 5 nitrogen and oxygen atoms in total. The molecule has 0 radical (unpaired) electrons. The van der Waals surface area contributed by atoms with Crippen LogP contribution in [0.4, 0.5) is 0 Å². The second-order valence-corrected chi connectivity index (χ2v) is 4.83. The van der Waals surface area contributed by atoms with Crippen LogP contribution in [0.5, 0.6) is 0 Å². The molecule has 0 saturated carbocycles. The fourth-order valence-electron chi connectivity index (χ4n) is 1.85. The summed E-state index contributed by atoms with van der Waals surface area (Å²) in [5.74, 6) is -1.13. The van der Waals surface area contributed by atoms with Crippen molar-refractivity contribution in [1.82, 2.24) is 15.0 Å². The zero-order valence-corrected chi connectivity index (χ0v) is 11.4. The van der Waals surface area contributed by atoms with Crippen molar-refractivity contribution in [3.63, 3.8) is 0 Å². The predicted molar refractivity (Wildman–Crippen MR) is 75.8 cm³/mol. The van der Waals surface area contributed by atoms with Gasteiger partial charge < -0.3 is 5.11 Å². The predicted octanol–water partition coefficient (Wildman–Crippen LogP) is 3.43. The minimum absolute atomic E-state index is 0.0309. The molecule has 1 heterocycles. The van der Waals surface area contributed by atoms with Crippen molar-refractivity contribution < 1.29 is 9.90 Å². The normalized spacial score (nSPS) is 10.9. The van der Waals surface area contributed by atoms with Crippen LogP contribution in [0.3, 0.4) is 0 Å². The fraction of sp³-hybridized carbons (Fsp3) is 0. The summed E-state index contributed by atoms with van der Waals surface area (Å²) in [6.45, 7) is 0. The Hall–Kier alpha value is -2.11. The molecule has 0 atom stereocenters. The number of halogens is 2. The number of hydrogen-bond donors (Lipinski definition) is 1. The number of nitrogens with zero attached hydrogens (tertiary/aromatic N) is 3. The number of benzene rings is 2. The van der Waals surface area contributed by atoms with E-state index >= 15 is 0 Å². The molecule has 0 saturated heterocycles. The first kappa shape index (κ1) is 12.9. The molecule has 0 aliphatic heterocycles. The smallest absolute Gasteiger partial charge is 0.338 e. The molecule has 100 valence electrons. The third-order valence-corrected chi connectivity index (χ3v) is 3.55. The average Bonchev–Trinajstić information content (AvgIpc) is 2.89. The van der Waals surface area contributed by atoms with E-state index in [0.717, 1.165) is 0 Å². The van der Waals surface area contributed by atoms with Crippen LogP contribution in [0.25, 0.3) is 16.7 Å². The van der Waals surface area contributed by atoms with Gasteiger partial charge in [-0.1, -0.05) is 41.4 Å². The minimum Gasteiger partial charge on any atom is -0.478 e. The molecule has 1 N–H and O–H groups in total. The van der Waals surface area contributed by atoms with E-state index < -0.39 is 5.97 Å². The monoisotopic (exact) mass is 307 g/mol. The molecule has 20 heavy (non-hydrogen) atoms. The number of aromatic nitrogens is 3. The number of carbonyl (C=O) groups is 1. The molecule has 0 unspecified atom stereocenters. The summed E-state index contributed by atoms with van der Waals surface area (Å²) in [4.78, 5) is 12.6. The number of aromatic carboxylic acids is 1. The number of fused-ring (bicyclic) bond motifs is 1. The van der Waals surface area contributed by atoms with Crippen molar-refractivity contribution in [3.8, 4) is 5.69 Å². The summed E-state index contributed by atoms with van der Waals surface area (Å²) in [6.07, 6.45) is 0. The summed E-state index contributed by atoms with van der Waals surface area (Å²) >= 11 is 12.0. The van der Waals surface area contributed by atoms with E-state index in [9.17, 15) is 9.90 Å². The summed E-state index contributed by atoms with van der Waals surface area (Å²) in [5.41, 5.74) is 1.14. The molecule has 0 bridgehead atoms. The second kappa shape index (κ2) is 4.77. The fourth-order valence-corrected chi connectivity index (χ4v) is 2.23. The lowest BCUT2D eigenvalue weighted by atomic mass is 10.2. The van der Waals surface area contributed by atoms with Gasteiger partial charge in [0.05, 0.1) is 21.3 Å². The number of para-hydroxylation sites is 1. The highest BCUT2D eigenvalue weighted by molar-refractivity contribution is 6.45. The molecule has 2 aromatic carbocycles. The first-order valence-electron chi connectivity index (χ1n) is 5.61. The van der Waals surface area contributed by atoms with Gasteiger partial charge in [-0.15, -0.1) is 10.2 Å². The van der Waals surface area contributed by atoms with Crippen LogP contribution in [0.2, 0.25) is 10.0 Å². The van der Waals surface area contributed by atoms with E-state index in [1.807, 2.05) is 18.2 Å². The molecule has 3 rings (SSSR count). The largest absolute Gasteiger partial charge is 0.478 e. The topological polar surface area (TPSA) is 68.0 Å². The number of rotatable bonds is 2. The number of carboxylic acids is 1. The van der Waals surface area contributed by atoms with Gasteiger partial charge in [0.2, 0.25) is 0 Å². The molecule has 3 aromatic rings. The SMILES string of the molecule is O=C(O)c1cc(Cl)c(Cl)c2nn(-c3ccccc3)nc12. The van der Waals surface area contributed by atoms with Crippen LogP contribution in [-0.4, -0.2) is 26.1 Å². The van der Waals surface area contributed by atoms with Crippen molar-refractivity contribution in [2.75, 3.05) is 0 Å². The quantitative estimate of drug-likeness (QED) is 0.787. The van der Waals surface area contributed by atoms with Crippen LogP contribution in [0.15, 0.2) is 36.4 Å².